The molecule has 6 heteroatoms. The van der Waals surface area contributed by atoms with Crippen LogP contribution in [-0.2, 0) is 4.79 Å². The summed E-state index contributed by atoms with van der Waals surface area (Å²) in [5.74, 6) is -0.294. The number of hydrogen-bond acceptors (Lipinski definition) is 2. The van der Waals surface area contributed by atoms with Crippen molar-refractivity contribution in [3.8, 4) is 0 Å². The summed E-state index contributed by atoms with van der Waals surface area (Å²) in [6, 6.07) is 6.73. The van der Waals surface area contributed by atoms with Gasteiger partial charge in [-0.1, -0.05) is 30.4 Å². The number of nitrogens with one attached hydrogen (secondary N) is 1. The molecular weight excluding hydrogens is 321 g/mol. The fraction of sp³-hybridized carbons (Fsp3) is 0.474. The highest BCUT2D eigenvalue weighted by atomic mass is 19.1. The van der Waals surface area contributed by atoms with E-state index in [1.54, 1.807) is 35.3 Å². The number of fused-ring (bicyclic) bond motifs is 1. The van der Waals surface area contributed by atoms with E-state index in [-0.39, 0.29) is 42.3 Å². The molecule has 2 heterocycles. The van der Waals surface area contributed by atoms with Crippen molar-refractivity contribution in [1.82, 2.24) is 15.1 Å². The molecule has 134 valence electrons. The molecule has 0 radical (unpaired) electrons. The van der Waals surface area contributed by atoms with E-state index < -0.39 is 0 Å². The zero-order valence-electron chi connectivity index (χ0n) is 14.6. The van der Waals surface area contributed by atoms with Crippen LogP contribution in [0.3, 0.4) is 0 Å². The van der Waals surface area contributed by atoms with Crippen LogP contribution >= 0.6 is 0 Å². The fourth-order valence-corrected chi connectivity index (χ4v) is 3.67. The van der Waals surface area contributed by atoms with E-state index in [0.717, 1.165) is 6.42 Å². The van der Waals surface area contributed by atoms with Gasteiger partial charge in [0.1, 0.15) is 5.82 Å². The number of carbonyl (C=O) groups is 2. The highest BCUT2D eigenvalue weighted by Gasteiger charge is 2.44. The molecule has 0 aliphatic carbocycles. The zero-order valence-corrected chi connectivity index (χ0v) is 14.6. The van der Waals surface area contributed by atoms with Crippen LogP contribution in [0.15, 0.2) is 30.3 Å². The van der Waals surface area contributed by atoms with Crippen molar-refractivity contribution < 1.29 is 14.0 Å². The monoisotopic (exact) mass is 345 g/mol. The van der Waals surface area contributed by atoms with Crippen LogP contribution in [-0.4, -0.2) is 53.0 Å². The van der Waals surface area contributed by atoms with Gasteiger partial charge in [0.2, 0.25) is 5.91 Å². The molecule has 3 rings (SSSR count). The smallest absolute Gasteiger partial charge is 0.318 e. The Kier molecular flexibility index (Phi) is 5.06. The molecule has 5 nitrogen and oxygen atoms in total. The molecule has 0 bridgehead atoms. The van der Waals surface area contributed by atoms with E-state index in [1.807, 2.05) is 18.7 Å². The lowest BCUT2D eigenvalue weighted by molar-refractivity contribution is -0.131. The Balaban J connectivity index is 1.57. The average Bonchev–Trinajstić information content (AvgIpc) is 2.91. The minimum atomic E-state index is -0.297. The van der Waals surface area contributed by atoms with Crippen molar-refractivity contribution in [3.05, 3.63) is 41.7 Å². The molecular formula is C19H24FN3O2. The van der Waals surface area contributed by atoms with E-state index in [2.05, 4.69) is 5.32 Å². The lowest BCUT2D eigenvalue weighted by atomic mass is 9.98. The van der Waals surface area contributed by atoms with E-state index >= 15 is 0 Å². The van der Waals surface area contributed by atoms with Gasteiger partial charge in [-0.3, -0.25) is 4.79 Å². The number of urea groups is 1. The molecule has 2 aliphatic rings. The molecule has 1 aromatic rings. The van der Waals surface area contributed by atoms with Crippen molar-refractivity contribution >= 4 is 18.0 Å². The summed E-state index contributed by atoms with van der Waals surface area (Å²) in [6.07, 6.45) is 4.34. The molecule has 0 spiro atoms. The molecule has 25 heavy (non-hydrogen) atoms. The Morgan fingerprint density at radius 2 is 2.16 bits per heavy atom. The van der Waals surface area contributed by atoms with Crippen molar-refractivity contribution in [2.45, 2.75) is 44.8 Å². The fourth-order valence-electron chi connectivity index (χ4n) is 3.67. The molecule has 2 aliphatic heterocycles. The molecule has 2 fully saturated rings. The average molecular weight is 345 g/mol. The summed E-state index contributed by atoms with van der Waals surface area (Å²) in [6.45, 7) is 5.19. The summed E-state index contributed by atoms with van der Waals surface area (Å²) >= 11 is 0. The van der Waals surface area contributed by atoms with Crippen LogP contribution in [0.1, 0.15) is 32.3 Å². The Hall–Kier alpha value is -2.37. The SMILES string of the molecule is CC(C)N1C(=O)N[C@@H]2CN(C(=O)C/C=C/c3ccccc3F)CC[C@@H]21. The van der Waals surface area contributed by atoms with Gasteiger partial charge >= 0.3 is 6.03 Å². The first-order valence-corrected chi connectivity index (χ1v) is 8.75. The number of carbonyl (C=O) groups excluding carboxylic acids is 2. The number of piperidine rings is 1. The van der Waals surface area contributed by atoms with Gasteiger partial charge < -0.3 is 15.1 Å². The standard InChI is InChI=1S/C19H24FN3O2/c1-13(2)23-17-10-11-22(12-16(17)21-19(23)25)18(24)9-5-7-14-6-3-4-8-15(14)20/h3-8,13,16-17H,9-12H2,1-2H3,(H,21,25)/b7-5+/t16-,17+/m1/s1. The lowest BCUT2D eigenvalue weighted by Crippen LogP contribution is -2.53. The van der Waals surface area contributed by atoms with Gasteiger partial charge in [-0.2, -0.15) is 0 Å². The molecule has 0 saturated carbocycles. The summed E-state index contributed by atoms with van der Waals surface area (Å²) in [5.41, 5.74) is 0.477. The van der Waals surface area contributed by atoms with Crippen LogP contribution in [0.25, 0.3) is 6.08 Å². The van der Waals surface area contributed by atoms with E-state index in [9.17, 15) is 14.0 Å². The van der Waals surface area contributed by atoms with Gasteiger partial charge in [0.25, 0.3) is 0 Å². The summed E-state index contributed by atoms with van der Waals surface area (Å²) in [7, 11) is 0. The minimum Gasteiger partial charge on any atom is -0.340 e. The molecule has 0 unspecified atom stereocenters. The molecule has 1 aromatic carbocycles. The quantitative estimate of drug-likeness (QED) is 0.912. The van der Waals surface area contributed by atoms with Crippen molar-refractivity contribution in [2.24, 2.45) is 0 Å². The second-order valence-corrected chi connectivity index (χ2v) is 6.88. The van der Waals surface area contributed by atoms with Crippen LogP contribution in [0.4, 0.5) is 9.18 Å². The number of hydrogen-bond donors (Lipinski definition) is 1. The maximum absolute atomic E-state index is 13.6. The maximum Gasteiger partial charge on any atom is 0.318 e. The predicted octanol–water partition coefficient (Wildman–Crippen LogP) is 2.63. The number of benzene rings is 1. The zero-order chi connectivity index (χ0) is 18.0. The number of rotatable bonds is 4. The number of amides is 3. The van der Waals surface area contributed by atoms with Gasteiger partial charge in [-0.25, -0.2) is 9.18 Å². The van der Waals surface area contributed by atoms with Crippen molar-refractivity contribution in [1.29, 1.82) is 0 Å². The Bertz CT molecular complexity index is 689. The third-order valence-corrected chi connectivity index (χ3v) is 4.88. The van der Waals surface area contributed by atoms with Crippen LogP contribution in [0.2, 0.25) is 0 Å². The van der Waals surface area contributed by atoms with Gasteiger partial charge in [0.05, 0.1) is 12.1 Å². The lowest BCUT2D eigenvalue weighted by Gasteiger charge is -2.37. The number of likely N-dealkylation sites (tertiary alicyclic amines) is 1. The van der Waals surface area contributed by atoms with Gasteiger partial charge in [0.15, 0.2) is 0 Å². The second kappa shape index (κ2) is 7.25. The maximum atomic E-state index is 13.6. The summed E-state index contributed by atoms with van der Waals surface area (Å²) in [5, 5.41) is 2.99. The van der Waals surface area contributed by atoms with Gasteiger partial charge in [0, 0.05) is 31.1 Å². The Morgan fingerprint density at radius 1 is 1.40 bits per heavy atom. The van der Waals surface area contributed by atoms with Gasteiger partial charge in [-0.15, -0.1) is 0 Å². The normalized spacial score (nSPS) is 23.3. The molecule has 2 atom stereocenters. The highest BCUT2D eigenvalue weighted by molar-refractivity contribution is 5.81. The van der Waals surface area contributed by atoms with E-state index in [0.29, 0.717) is 18.7 Å². The molecule has 1 N–H and O–H groups in total. The van der Waals surface area contributed by atoms with E-state index in [1.165, 1.54) is 6.07 Å². The Labute approximate surface area is 147 Å². The van der Waals surface area contributed by atoms with Crippen molar-refractivity contribution in [3.63, 3.8) is 0 Å². The van der Waals surface area contributed by atoms with Crippen molar-refractivity contribution in [2.75, 3.05) is 13.1 Å². The molecule has 0 aromatic heterocycles. The van der Waals surface area contributed by atoms with Crippen LogP contribution in [0.5, 0.6) is 0 Å². The first kappa shape index (κ1) is 17.5. The highest BCUT2D eigenvalue weighted by Crippen LogP contribution is 2.25. The largest absolute Gasteiger partial charge is 0.340 e. The number of halogens is 1. The van der Waals surface area contributed by atoms with Gasteiger partial charge in [-0.05, 0) is 26.3 Å². The third kappa shape index (κ3) is 3.67. The third-order valence-electron chi connectivity index (χ3n) is 4.88. The first-order valence-electron chi connectivity index (χ1n) is 8.75. The second-order valence-electron chi connectivity index (χ2n) is 6.88. The van der Waals surface area contributed by atoms with Crippen LogP contribution < -0.4 is 5.32 Å². The summed E-state index contributed by atoms with van der Waals surface area (Å²) < 4.78 is 13.6. The first-order chi connectivity index (χ1) is 12.0. The summed E-state index contributed by atoms with van der Waals surface area (Å²) in [4.78, 5) is 28.2. The predicted molar refractivity (Wildman–Crippen MR) is 94.3 cm³/mol. The number of nitrogens with zero attached hydrogens (tertiary/aromatic N) is 2. The molecule has 3 amide bonds. The molecule has 2 saturated heterocycles. The Morgan fingerprint density at radius 3 is 2.88 bits per heavy atom. The minimum absolute atomic E-state index is 0.00304. The van der Waals surface area contributed by atoms with E-state index in [4.69, 9.17) is 0 Å². The topological polar surface area (TPSA) is 52.7 Å². The van der Waals surface area contributed by atoms with Crippen LogP contribution in [0, 0.1) is 5.82 Å².